The summed E-state index contributed by atoms with van der Waals surface area (Å²) in [6.45, 7) is 8.76. The Labute approximate surface area is 178 Å². The minimum absolute atomic E-state index is 0. The number of piperidine rings is 1. The van der Waals surface area contributed by atoms with Crippen molar-refractivity contribution in [3.8, 4) is 0 Å². The first-order valence-electron chi connectivity index (χ1n) is 9.26. The van der Waals surface area contributed by atoms with Gasteiger partial charge < -0.3 is 20.0 Å². The zero-order valence-corrected chi connectivity index (χ0v) is 18.9. The Balaban J connectivity index is 0.00000261. The quantitative estimate of drug-likeness (QED) is 0.396. The maximum atomic E-state index is 5.58. The van der Waals surface area contributed by atoms with Gasteiger partial charge in [-0.05, 0) is 51.3 Å². The number of guanidine groups is 1. The molecule has 2 N–H and O–H groups in total. The number of halogens is 1. The third-order valence-electron chi connectivity index (χ3n) is 4.87. The second-order valence-corrected chi connectivity index (χ2v) is 6.96. The molecule has 1 fully saturated rings. The molecule has 0 saturated carbocycles. The van der Waals surface area contributed by atoms with E-state index in [1.165, 1.54) is 11.1 Å². The van der Waals surface area contributed by atoms with Gasteiger partial charge in [0.25, 0.3) is 0 Å². The van der Waals surface area contributed by atoms with E-state index in [2.05, 4.69) is 50.6 Å². The van der Waals surface area contributed by atoms with Crippen molar-refractivity contribution in [2.24, 2.45) is 4.99 Å². The smallest absolute Gasteiger partial charge is 0.191 e. The fourth-order valence-electron chi connectivity index (χ4n) is 3.33. The number of anilines is 1. The van der Waals surface area contributed by atoms with Gasteiger partial charge in [0.1, 0.15) is 17.3 Å². The summed E-state index contributed by atoms with van der Waals surface area (Å²) < 4.78 is 5.58. The van der Waals surface area contributed by atoms with Crippen LogP contribution in [0.3, 0.4) is 0 Å². The van der Waals surface area contributed by atoms with Crippen LogP contribution in [0.1, 0.15) is 35.5 Å². The molecular weight excluding hydrogens is 453 g/mol. The van der Waals surface area contributed by atoms with Crippen LogP contribution < -0.4 is 15.5 Å². The highest BCUT2D eigenvalue weighted by molar-refractivity contribution is 14.0. The van der Waals surface area contributed by atoms with Gasteiger partial charge in [-0.25, -0.2) is 4.98 Å². The first kappa shape index (κ1) is 21.5. The molecule has 0 unspecified atom stereocenters. The van der Waals surface area contributed by atoms with Crippen molar-refractivity contribution >= 4 is 35.8 Å². The fourth-order valence-corrected chi connectivity index (χ4v) is 3.33. The molecule has 0 amide bonds. The lowest BCUT2D eigenvalue weighted by atomic mass is 10.1. The lowest BCUT2D eigenvalue weighted by Gasteiger charge is -2.33. The van der Waals surface area contributed by atoms with E-state index >= 15 is 0 Å². The topological polar surface area (TPSA) is 65.7 Å². The summed E-state index contributed by atoms with van der Waals surface area (Å²) in [7, 11) is 1.81. The molecule has 148 valence electrons. The number of aliphatic imine (C=N–C) groups is 1. The zero-order chi connectivity index (χ0) is 18.5. The number of hydrogen-bond acceptors (Lipinski definition) is 4. The van der Waals surface area contributed by atoms with Crippen LogP contribution in [-0.4, -0.2) is 37.1 Å². The Morgan fingerprint density at radius 2 is 2.00 bits per heavy atom. The number of furan rings is 1. The van der Waals surface area contributed by atoms with E-state index in [0.29, 0.717) is 6.04 Å². The third kappa shape index (κ3) is 5.85. The maximum absolute atomic E-state index is 5.58. The van der Waals surface area contributed by atoms with E-state index in [4.69, 9.17) is 4.42 Å². The minimum Gasteiger partial charge on any atom is -0.466 e. The average molecular weight is 483 g/mol. The molecule has 27 heavy (non-hydrogen) atoms. The summed E-state index contributed by atoms with van der Waals surface area (Å²) in [5.41, 5.74) is 2.37. The molecule has 1 saturated heterocycles. The normalized spacial score (nSPS) is 15.4. The zero-order valence-electron chi connectivity index (χ0n) is 16.6. The van der Waals surface area contributed by atoms with Crippen LogP contribution >= 0.6 is 24.0 Å². The molecule has 1 aliphatic heterocycles. The largest absolute Gasteiger partial charge is 0.466 e. The minimum atomic E-state index is 0. The van der Waals surface area contributed by atoms with E-state index in [1.54, 1.807) is 0 Å². The lowest BCUT2D eigenvalue weighted by molar-refractivity contribution is 0.459. The van der Waals surface area contributed by atoms with Crippen LogP contribution in [0.2, 0.25) is 0 Å². The Bertz CT molecular complexity index is 748. The van der Waals surface area contributed by atoms with Gasteiger partial charge in [0.15, 0.2) is 5.96 Å². The molecular formula is C20H30IN5O. The molecule has 3 rings (SSSR count). The highest BCUT2D eigenvalue weighted by atomic mass is 127. The maximum Gasteiger partial charge on any atom is 0.191 e. The number of rotatable bonds is 4. The lowest BCUT2D eigenvalue weighted by Crippen LogP contribution is -2.48. The van der Waals surface area contributed by atoms with Crippen LogP contribution in [0.25, 0.3) is 0 Å². The molecule has 3 heterocycles. The monoisotopic (exact) mass is 483 g/mol. The van der Waals surface area contributed by atoms with E-state index in [-0.39, 0.29) is 24.0 Å². The molecule has 6 nitrogen and oxygen atoms in total. The van der Waals surface area contributed by atoms with Crippen molar-refractivity contribution in [1.29, 1.82) is 0 Å². The predicted molar refractivity (Wildman–Crippen MR) is 121 cm³/mol. The Morgan fingerprint density at radius 3 is 2.56 bits per heavy atom. The van der Waals surface area contributed by atoms with E-state index in [1.807, 2.05) is 27.1 Å². The fraction of sp³-hybridized carbons (Fsp3) is 0.500. The van der Waals surface area contributed by atoms with Gasteiger partial charge in [0, 0.05) is 44.5 Å². The summed E-state index contributed by atoms with van der Waals surface area (Å²) in [5.74, 6) is 3.82. The molecule has 0 bridgehead atoms. The van der Waals surface area contributed by atoms with Gasteiger partial charge in [0.2, 0.25) is 0 Å². The molecule has 2 aromatic heterocycles. The summed E-state index contributed by atoms with van der Waals surface area (Å²) >= 11 is 0. The van der Waals surface area contributed by atoms with Gasteiger partial charge in [0.05, 0.1) is 0 Å². The standard InChI is InChI=1S/C20H29N5O.HI/c1-14-5-6-19(22-12-14)25-9-7-18(8-10-25)24-20(21-4)23-13-17-11-15(2)26-16(17)3;/h5-6,11-12,18H,7-10,13H2,1-4H3,(H2,21,23,24);1H. The van der Waals surface area contributed by atoms with Gasteiger partial charge in [-0.3, -0.25) is 4.99 Å². The molecule has 0 radical (unpaired) electrons. The van der Waals surface area contributed by atoms with Gasteiger partial charge in [-0.2, -0.15) is 0 Å². The Morgan fingerprint density at radius 1 is 1.26 bits per heavy atom. The third-order valence-corrected chi connectivity index (χ3v) is 4.87. The second kappa shape index (κ2) is 9.96. The van der Waals surface area contributed by atoms with Crippen molar-refractivity contribution < 1.29 is 4.42 Å². The highest BCUT2D eigenvalue weighted by Crippen LogP contribution is 2.18. The SMILES string of the molecule is CN=C(NCc1cc(C)oc1C)NC1CCN(c2ccc(C)cn2)CC1.I. The number of nitrogens with zero attached hydrogens (tertiary/aromatic N) is 3. The molecule has 0 spiro atoms. The summed E-state index contributed by atoms with van der Waals surface area (Å²) in [4.78, 5) is 11.2. The van der Waals surface area contributed by atoms with Crippen LogP contribution in [0.15, 0.2) is 33.8 Å². The summed E-state index contributed by atoms with van der Waals surface area (Å²) in [6.07, 6.45) is 4.07. The van der Waals surface area contributed by atoms with Gasteiger partial charge >= 0.3 is 0 Å². The molecule has 0 atom stereocenters. The molecule has 0 aliphatic carbocycles. The van der Waals surface area contributed by atoms with Crippen molar-refractivity contribution in [3.05, 3.63) is 47.0 Å². The number of aromatic nitrogens is 1. The van der Waals surface area contributed by atoms with Crippen molar-refractivity contribution in [3.63, 3.8) is 0 Å². The van der Waals surface area contributed by atoms with E-state index in [0.717, 1.165) is 55.8 Å². The second-order valence-electron chi connectivity index (χ2n) is 6.96. The number of aryl methyl sites for hydroxylation is 3. The molecule has 7 heteroatoms. The van der Waals surface area contributed by atoms with Crippen LogP contribution in [0.4, 0.5) is 5.82 Å². The number of nitrogens with one attached hydrogen (secondary N) is 2. The Hall–Kier alpha value is -1.77. The molecule has 1 aliphatic rings. The van der Waals surface area contributed by atoms with Gasteiger partial charge in [-0.1, -0.05) is 6.07 Å². The number of pyridine rings is 1. The van der Waals surface area contributed by atoms with E-state index in [9.17, 15) is 0 Å². The first-order chi connectivity index (χ1) is 12.5. The first-order valence-corrected chi connectivity index (χ1v) is 9.26. The van der Waals surface area contributed by atoms with E-state index < -0.39 is 0 Å². The van der Waals surface area contributed by atoms with Gasteiger partial charge in [-0.15, -0.1) is 24.0 Å². The average Bonchev–Trinajstić information content (AvgIpc) is 2.97. The predicted octanol–water partition coefficient (Wildman–Crippen LogP) is 3.55. The van der Waals surface area contributed by atoms with Crippen LogP contribution in [0.5, 0.6) is 0 Å². The number of hydrogen-bond donors (Lipinski definition) is 2. The van der Waals surface area contributed by atoms with Crippen LogP contribution in [-0.2, 0) is 6.54 Å². The van der Waals surface area contributed by atoms with Crippen molar-refractivity contribution in [2.45, 2.75) is 46.2 Å². The highest BCUT2D eigenvalue weighted by Gasteiger charge is 2.21. The summed E-state index contributed by atoms with van der Waals surface area (Å²) in [6, 6.07) is 6.73. The summed E-state index contributed by atoms with van der Waals surface area (Å²) in [5, 5.41) is 6.93. The molecule has 2 aromatic rings. The Kier molecular flexibility index (Phi) is 7.94. The molecule has 0 aromatic carbocycles. The van der Waals surface area contributed by atoms with Crippen molar-refractivity contribution in [1.82, 2.24) is 15.6 Å². The van der Waals surface area contributed by atoms with Crippen LogP contribution in [0, 0.1) is 20.8 Å². The van der Waals surface area contributed by atoms with Crippen molar-refractivity contribution in [2.75, 3.05) is 25.0 Å².